The van der Waals surface area contributed by atoms with E-state index in [0.29, 0.717) is 0 Å². The Morgan fingerprint density at radius 1 is 1.44 bits per heavy atom. The third-order valence-electron chi connectivity index (χ3n) is 2.04. The van der Waals surface area contributed by atoms with Gasteiger partial charge >= 0.3 is 5.97 Å². The number of esters is 1. The van der Waals surface area contributed by atoms with E-state index < -0.39 is 33.1 Å². The highest BCUT2D eigenvalue weighted by atomic mass is 32.2. The maximum absolute atomic E-state index is 13.1. The summed E-state index contributed by atoms with van der Waals surface area (Å²) in [5.41, 5.74) is 0.147. The highest BCUT2D eigenvalue weighted by Crippen LogP contribution is 2.12. The molecule has 0 radical (unpaired) electrons. The minimum Gasteiger partial charge on any atom is -0.468 e. The van der Waals surface area contributed by atoms with E-state index in [9.17, 15) is 17.6 Å². The number of ether oxygens (including phenoxy) is 1. The molecule has 0 aliphatic heterocycles. The fraction of sp³-hybridized carbons (Fsp3) is 0.273. The average Bonchev–Trinajstić information content (AvgIpc) is 2.26. The maximum atomic E-state index is 13.1. The molecule has 0 saturated heterocycles. The SMILES string of the molecule is COC(=O)CS(=O)(=O)Cc1cc(F)cc(C#N)c1. The predicted molar refractivity (Wildman–Crippen MR) is 60.6 cm³/mol. The van der Waals surface area contributed by atoms with Gasteiger partial charge < -0.3 is 4.74 Å². The Hall–Kier alpha value is -1.94. The molecule has 0 aromatic heterocycles. The van der Waals surface area contributed by atoms with Gasteiger partial charge in [0.25, 0.3) is 0 Å². The van der Waals surface area contributed by atoms with Gasteiger partial charge in [-0.05, 0) is 23.8 Å². The van der Waals surface area contributed by atoms with E-state index >= 15 is 0 Å². The second-order valence-electron chi connectivity index (χ2n) is 3.57. The number of nitrogens with zero attached hydrogens (tertiary/aromatic N) is 1. The molecule has 0 bridgehead atoms. The molecular formula is C11H10FNO4S. The Kier molecular flexibility index (Phi) is 4.39. The molecule has 18 heavy (non-hydrogen) atoms. The van der Waals surface area contributed by atoms with Gasteiger partial charge in [-0.15, -0.1) is 0 Å². The van der Waals surface area contributed by atoms with Crippen LogP contribution in [0.2, 0.25) is 0 Å². The van der Waals surface area contributed by atoms with Crippen LogP contribution >= 0.6 is 0 Å². The lowest BCUT2D eigenvalue weighted by Crippen LogP contribution is -2.18. The molecule has 1 rings (SSSR count). The molecule has 0 heterocycles. The molecule has 0 saturated carbocycles. The van der Waals surface area contributed by atoms with Crippen LogP contribution in [0.25, 0.3) is 0 Å². The maximum Gasteiger partial charge on any atom is 0.320 e. The van der Waals surface area contributed by atoms with Crippen LogP contribution in [0, 0.1) is 17.1 Å². The van der Waals surface area contributed by atoms with Crippen LogP contribution in [-0.2, 0) is 25.1 Å². The van der Waals surface area contributed by atoms with Crippen molar-refractivity contribution in [3.63, 3.8) is 0 Å². The standard InChI is InChI=1S/C11H10FNO4S/c1-17-11(14)7-18(15,16)6-9-2-8(5-13)3-10(12)4-9/h2-4H,6-7H2,1H3. The van der Waals surface area contributed by atoms with Crippen LogP contribution in [0.3, 0.4) is 0 Å². The molecule has 0 fully saturated rings. The summed E-state index contributed by atoms with van der Waals surface area (Å²) in [7, 11) is -2.66. The summed E-state index contributed by atoms with van der Waals surface area (Å²) in [6.07, 6.45) is 0. The zero-order chi connectivity index (χ0) is 13.8. The second-order valence-corrected chi connectivity index (χ2v) is 5.63. The number of benzene rings is 1. The Morgan fingerprint density at radius 3 is 2.67 bits per heavy atom. The first-order valence-corrected chi connectivity index (χ1v) is 6.65. The van der Waals surface area contributed by atoms with Crippen LogP contribution in [0.5, 0.6) is 0 Å². The van der Waals surface area contributed by atoms with Crippen LogP contribution in [0.1, 0.15) is 11.1 Å². The van der Waals surface area contributed by atoms with E-state index in [0.717, 1.165) is 19.2 Å². The normalized spacial score (nSPS) is 10.7. The molecule has 1 aromatic carbocycles. The predicted octanol–water partition coefficient (Wildman–Crippen LogP) is 0.785. The van der Waals surface area contributed by atoms with Gasteiger partial charge in [0.15, 0.2) is 9.84 Å². The van der Waals surface area contributed by atoms with Crippen molar-refractivity contribution in [2.24, 2.45) is 0 Å². The van der Waals surface area contributed by atoms with Gasteiger partial charge in [-0.2, -0.15) is 5.26 Å². The molecule has 0 spiro atoms. The number of methoxy groups -OCH3 is 1. The average molecular weight is 271 g/mol. The highest BCUT2D eigenvalue weighted by molar-refractivity contribution is 7.91. The zero-order valence-electron chi connectivity index (χ0n) is 9.51. The van der Waals surface area contributed by atoms with Crippen molar-refractivity contribution in [1.82, 2.24) is 0 Å². The number of carbonyl (C=O) groups excluding carboxylic acids is 1. The van der Waals surface area contributed by atoms with Gasteiger partial charge in [-0.3, -0.25) is 4.79 Å². The van der Waals surface area contributed by atoms with E-state index in [4.69, 9.17) is 5.26 Å². The molecular weight excluding hydrogens is 261 g/mol. The third-order valence-corrected chi connectivity index (χ3v) is 3.49. The Morgan fingerprint density at radius 2 is 2.11 bits per heavy atom. The van der Waals surface area contributed by atoms with Crippen molar-refractivity contribution in [3.05, 3.63) is 35.1 Å². The third kappa shape index (κ3) is 4.14. The van der Waals surface area contributed by atoms with Crippen LogP contribution < -0.4 is 0 Å². The zero-order valence-corrected chi connectivity index (χ0v) is 10.3. The first-order chi connectivity index (χ1) is 8.36. The topological polar surface area (TPSA) is 84.2 Å². The van der Waals surface area contributed by atoms with E-state index in [1.165, 1.54) is 6.07 Å². The van der Waals surface area contributed by atoms with Crippen LogP contribution in [0.4, 0.5) is 4.39 Å². The van der Waals surface area contributed by atoms with Gasteiger partial charge in [0.2, 0.25) is 0 Å². The second kappa shape index (κ2) is 5.60. The molecule has 0 aliphatic carbocycles. The lowest BCUT2D eigenvalue weighted by atomic mass is 10.1. The molecule has 0 atom stereocenters. The summed E-state index contributed by atoms with van der Waals surface area (Å²) in [6, 6.07) is 4.99. The smallest absolute Gasteiger partial charge is 0.320 e. The first kappa shape index (κ1) is 14.1. The van der Waals surface area contributed by atoms with E-state index in [1.807, 2.05) is 0 Å². The molecule has 7 heteroatoms. The minimum atomic E-state index is -3.74. The van der Waals surface area contributed by atoms with E-state index in [2.05, 4.69) is 4.74 Å². The molecule has 96 valence electrons. The first-order valence-electron chi connectivity index (χ1n) is 4.83. The van der Waals surface area contributed by atoms with Gasteiger partial charge in [-0.1, -0.05) is 0 Å². The molecule has 0 unspecified atom stereocenters. The van der Waals surface area contributed by atoms with Crippen molar-refractivity contribution >= 4 is 15.8 Å². The molecule has 5 nitrogen and oxygen atoms in total. The number of hydrogen-bond acceptors (Lipinski definition) is 5. The number of rotatable bonds is 4. The van der Waals surface area contributed by atoms with Gasteiger partial charge in [0, 0.05) is 0 Å². The lowest BCUT2D eigenvalue weighted by molar-refractivity contribution is -0.137. The number of halogens is 1. The summed E-state index contributed by atoms with van der Waals surface area (Å²) >= 11 is 0. The van der Waals surface area contributed by atoms with Crippen molar-refractivity contribution in [2.75, 3.05) is 12.9 Å². The van der Waals surface area contributed by atoms with Crippen molar-refractivity contribution in [1.29, 1.82) is 5.26 Å². The van der Waals surface area contributed by atoms with Gasteiger partial charge in [-0.25, -0.2) is 12.8 Å². The molecule has 0 amide bonds. The van der Waals surface area contributed by atoms with Crippen molar-refractivity contribution in [3.8, 4) is 6.07 Å². The number of hydrogen-bond donors (Lipinski definition) is 0. The Bertz CT molecular complexity index is 604. The van der Waals surface area contributed by atoms with Gasteiger partial charge in [0.05, 0.1) is 24.5 Å². The monoisotopic (exact) mass is 271 g/mol. The molecule has 0 N–H and O–H groups in total. The summed E-state index contributed by atoms with van der Waals surface area (Å²) < 4.78 is 40.5. The Balaban J connectivity index is 2.94. The Labute approximate surface area is 104 Å². The highest BCUT2D eigenvalue weighted by Gasteiger charge is 2.18. The summed E-state index contributed by atoms with van der Waals surface area (Å²) in [6.45, 7) is 0. The number of carbonyl (C=O) groups is 1. The van der Waals surface area contributed by atoms with Crippen LogP contribution in [-0.4, -0.2) is 27.2 Å². The fourth-order valence-electron chi connectivity index (χ4n) is 1.34. The number of nitriles is 1. The minimum absolute atomic E-state index is 0.0262. The molecule has 1 aromatic rings. The number of sulfone groups is 1. The summed E-state index contributed by atoms with van der Waals surface area (Å²) in [5.74, 6) is -2.87. The summed E-state index contributed by atoms with van der Waals surface area (Å²) in [4.78, 5) is 10.9. The molecule has 0 aliphatic rings. The van der Waals surface area contributed by atoms with Crippen LogP contribution in [0.15, 0.2) is 18.2 Å². The fourth-order valence-corrected chi connectivity index (χ4v) is 2.60. The van der Waals surface area contributed by atoms with E-state index in [-0.39, 0.29) is 11.1 Å². The largest absolute Gasteiger partial charge is 0.468 e. The quantitative estimate of drug-likeness (QED) is 0.756. The van der Waals surface area contributed by atoms with E-state index in [1.54, 1.807) is 6.07 Å². The van der Waals surface area contributed by atoms with Gasteiger partial charge in [0.1, 0.15) is 11.6 Å². The lowest BCUT2D eigenvalue weighted by Gasteiger charge is -2.04. The van der Waals surface area contributed by atoms with Crippen molar-refractivity contribution in [2.45, 2.75) is 5.75 Å². The van der Waals surface area contributed by atoms with Crippen molar-refractivity contribution < 1.29 is 22.3 Å². The summed E-state index contributed by atoms with van der Waals surface area (Å²) in [5, 5.41) is 8.63.